The number of sulfone groups is 1. The zero-order valence-electron chi connectivity index (χ0n) is 10.5. The van der Waals surface area contributed by atoms with E-state index in [4.69, 9.17) is 0 Å². The maximum absolute atomic E-state index is 12.3. The topological polar surface area (TPSA) is 57.9 Å². The lowest BCUT2D eigenvalue weighted by Gasteiger charge is -2.10. The zero-order valence-corrected chi connectivity index (χ0v) is 12.9. The number of hydrogen-bond donors (Lipinski definition) is 0. The van der Waals surface area contributed by atoms with Gasteiger partial charge in [0.25, 0.3) is 0 Å². The van der Waals surface area contributed by atoms with Crippen molar-refractivity contribution in [2.45, 2.75) is 10.8 Å². The summed E-state index contributed by atoms with van der Waals surface area (Å²) in [6.45, 7) is 0. The van der Waals surface area contributed by atoms with Crippen LogP contribution in [0.25, 0.3) is 0 Å². The lowest BCUT2D eigenvalue weighted by atomic mass is 10.0. The molecule has 0 radical (unpaired) electrons. The molecule has 0 saturated heterocycles. The van der Waals surface area contributed by atoms with Gasteiger partial charge in [0.05, 0.1) is 22.6 Å². The molecule has 20 heavy (non-hydrogen) atoms. The fourth-order valence-corrected chi connectivity index (χ4v) is 3.56. The van der Waals surface area contributed by atoms with Crippen molar-refractivity contribution >= 4 is 25.8 Å². The number of hydrogen-bond acceptors (Lipinski definition) is 3. The summed E-state index contributed by atoms with van der Waals surface area (Å²) in [5.74, 6) is -0.875. The van der Waals surface area contributed by atoms with Gasteiger partial charge in [-0.05, 0) is 29.8 Å². The molecule has 0 amide bonds. The molecule has 5 heteroatoms. The fraction of sp³-hybridized carbons (Fsp3) is 0.133. The van der Waals surface area contributed by atoms with Gasteiger partial charge in [-0.15, -0.1) is 0 Å². The van der Waals surface area contributed by atoms with Gasteiger partial charge in [-0.2, -0.15) is 5.26 Å². The Bertz CT molecular complexity index is 719. The van der Waals surface area contributed by atoms with Crippen LogP contribution >= 0.6 is 15.9 Å². The van der Waals surface area contributed by atoms with E-state index in [0.29, 0.717) is 0 Å². The maximum Gasteiger partial charge on any atom is 0.180 e. The molecule has 0 aliphatic carbocycles. The maximum atomic E-state index is 12.3. The lowest BCUT2D eigenvalue weighted by Crippen LogP contribution is -2.14. The highest BCUT2D eigenvalue weighted by Crippen LogP contribution is 2.22. The van der Waals surface area contributed by atoms with Crippen molar-refractivity contribution in [2.24, 2.45) is 0 Å². The average Bonchev–Trinajstić information content (AvgIpc) is 2.46. The van der Waals surface area contributed by atoms with Gasteiger partial charge in [-0.25, -0.2) is 8.42 Å². The van der Waals surface area contributed by atoms with Crippen LogP contribution in [0.2, 0.25) is 0 Å². The van der Waals surface area contributed by atoms with Gasteiger partial charge in [0.1, 0.15) is 0 Å². The first-order valence-electron chi connectivity index (χ1n) is 5.96. The first kappa shape index (κ1) is 14.8. The van der Waals surface area contributed by atoms with Crippen molar-refractivity contribution in [1.29, 1.82) is 5.26 Å². The molecule has 0 aromatic heterocycles. The Hall–Kier alpha value is -1.64. The van der Waals surface area contributed by atoms with Crippen LogP contribution in [0.4, 0.5) is 0 Å². The Labute approximate surface area is 126 Å². The molecule has 0 N–H and O–H groups in total. The third-order valence-electron chi connectivity index (χ3n) is 2.92. The minimum atomic E-state index is -3.48. The summed E-state index contributed by atoms with van der Waals surface area (Å²) < 4.78 is 25.5. The van der Waals surface area contributed by atoms with Gasteiger partial charge < -0.3 is 0 Å². The van der Waals surface area contributed by atoms with Crippen molar-refractivity contribution < 1.29 is 8.42 Å². The molecule has 1 unspecified atom stereocenters. The third-order valence-corrected chi connectivity index (χ3v) is 5.21. The van der Waals surface area contributed by atoms with Gasteiger partial charge in [0.15, 0.2) is 9.84 Å². The van der Waals surface area contributed by atoms with Crippen LogP contribution in [0.3, 0.4) is 0 Å². The minimum absolute atomic E-state index is 0.213. The van der Waals surface area contributed by atoms with E-state index in [1.807, 2.05) is 6.07 Å². The second-order valence-corrected chi connectivity index (χ2v) is 7.28. The fourth-order valence-electron chi connectivity index (χ4n) is 1.85. The summed E-state index contributed by atoms with van der Waals surface area (Å²) in [6.07, 6.45) is 0. The quantitative estimate of drug-likeness (QED) is 0.848. The zero-order chi connectivity index (χ0) is 14.6. The molecule has 3 nitrogen and oxygen atoms in total. The van der Waals surface area contributed by atoms with Gasteiger partial charge in [0, 0.05) is 4.47 Å². The van der Waals surface area contributed by atoms with Gasteiger partial charge in [0.2, 0.25) is 0 Å². The molecule has 0 heterocycles. The van der Waals surface area contributed by atoms with Crippen LogP contribution in [0.15, 0.2) is 64.0 Å². The molecular formula is C15H12BrNO2S. The monoisotopic (exact) mass is 349 g/mol. The minimum Gasteiger partial charge on any atom is -0.224 e. The summed E-state index contributed by atoms with van der Waals surface area (Å²) in [5.41, 5.74) is 0.718. The largest absolute Gasteiger partial charge is 0.224 e. The van der Waals surface area contributed by atoms with Crippen molar-refractivity contribution in [1.82, 2.24) is 0 Å². The van der Waals surface area contributed by atoms with Gasteiger partial charge in [-0.1, -0.05) is 46.3 Å². The van der Waals surface area contributed by atoms with E-state index in [1.54, 1.807) is 48.5 Å². The Morgan fingerprint density at radius 3 is 2.20 bits per heavy atom. The van der Waals surface area contributed by atoms with E-state index in [-0.39, 0.29) is 10.6 Å². The van der Waals surface area contributed by atoms with Crippen LogP contribution < -0.4 is 0 Å². The van der Waals surface area contributed by atoms with E-state index >= 15 is 0 Å². The van der Waals surface area contributed by atoms with E-state index in [9.17, 15) is 13.7 Å². The second kappa shape index (κ2) is 6.21. The smallest absolute Gasteiger partial charge is 0.180 e. The Balaban J connectivity index is 2.28. The second-order valence-electron chi connectivity index (χ2n) is 4.33. The Morgan fingerprint density at radius 1 is 1.05 bits per heavy atom. The van der Waals surface area contributed by atoms with Crippen molar-refractivity contribution in [3.8, 4) is 6.07 Å². The van der Waals surface area contributed by atoms with Gasteiger partial charge >= 0.3 is 0 Å². The Kier molecular flexibility index (Phi) is 4.58. The van der Waals surface area contributed by atoms with Crippen molar-refractivity contribution in [3.63, 3.8) is 0 Å². The van der Waals surface area contributed by atoms with Crippen molar-refractivity contribution in [2.75, 3.05) is 5.75 Å². The molecule has 2 aromatic carbocycles. The summed E-state index contributed by atoms with van der Waals surface area (Å²) in [7, 11) is -3.48. The van der Waals surface area contributed by atoms with Crippen LogP contribution in [0.5, 0.6) is 0 Å². The highest BCUT2D eigenvalue weighted by molar-refractivity contribution is 9.10. The first-order valence-corrected chi connectivity index (χ1v) is 8.40. The summed E-state index contributed by atoms with van der Waals surface area (Å²) in [6, 6.07) is 17.5. The standard InChI is InChI=1S/C15H12BrNO2S/c16-14-6-8-15(9-7-14)20(18,19)11-13(10-17)12-4-2-1-3-5-12/h1-9,13H,11H2. The number of benzene rings is 2. The van der Waals surface area contributed by atoms with E-state index in [1.165, 1.54) is 0 Å². The van der Waals surface area contributed by atoms with E-state index in [0.717, 1.165) is 10.0 Å². The third kappa shape index (κ3) is 3.47. The average molecular weight is 350 g/mol. The molecule has 2 rings (SSSR count). The van der Waals surface area contributed by atoms with Crippen molar-refractivity contribution in [3.05, 3.63) is 64.6 Å². The number of nitriles is 1. The van der Waals surface area contributed by atoms with Crippen LogP contribution in [-0.2, 0) is 9.84 Å². The molecule has 0 spiro atoms. The summed E-state index contributed by atoms with van der Waals surface area (Å²) >= 11 is 3.27. The normalized spacial score (nSPS) is 12.6. The molecule has 1 atom stereocenters. The number of rotatable bonds is 4. The molecule has 2 aromatic rings. The number of halogens is 1. The predicted molar refractivity (Wildman–Crippen MR) is 81.0 cm³/mol. The summed E-state index contributed by atoms with van der Waals surface area (Å²) in [4.78, 5) is 0.233. The first-order chi connectivity index (χ1) is 9.53. The molecular weight excluding hydrogens is 338 g/mol. The lowest BCUT2D eigenvalue weighted by molar-refractivity contribution is 0.593. The van der Waals surface area contributed by atoms with Crippen LogP contribution in [-0.4, -0.2) is 14.2 Å². The molecule has 0 aliphatic heterocycles. The Morgan fingerprint density at radius 2 is 1.65 bits per heavy atom. The number of nitrogens with zero attached hydrogens (tertiary/aromatic N) is 1. The molecule has 0 aliphatic rings. The highest BCUT2D eigenvalue weighted by atomic mass is 79.9. The predicted octanol–water partition coefficient (Wildman–Crippen LogP) is 3.53. The van der Waals surface area contributed by atoms with E-state index in [2.05, 4.69) is 22.0 Å². The highest BCUT2D eigenvalue weighted by Gasteiger charge is 2.22. The van der Waals surface area contributed by atoms with Crippen LogP contribution in [0.1, 0.15) is 11.5 Å². The summed E-state index contributed by atoms with van der Waals surface area (Å²) in [5, 5.41) is 9.21. The SMILES string of the molecule is N#CC(CS(=O)(=O)c1ccc(Br)cc1)c1ccccc1. The molecule has 102 valence electrons. The molecule has 0 bridgehead atoms. The molecule has 0 saturated carbocycles. The van der Waals surface area contributed by atoms with Gasteiger partial charge in [-0.3, -0.25) is 0 Å². The van der Waals surface area contributed by atoms with Crippen LogP contribution in [0, 0.1) is 11.3 Å². The molecule has 0 fully saturated rings. The van der Waals surface area contributed by atoms with E-state index < -0.39 is 15.8 Å².